The van der Waals surface area contributed by atoms with Crippen LogP contribution in [0.15, 0.2) is 29.2 Å². The summed E-state index contributed by atoms with van der Waals surface area (Å²) >= 11 is 0. The highest BCUT2D eigenvalue weighted by Crippen LogP contribution is 2.39. The molecule has 1 aromatic carbocycles. The highest BCUT2D eigenvalue weighted by Gasteiger charge is 2.33. The normalized spacial score (nSPS) is 14.1. The van der Waals surface area contributed by atoms with Gasteiger partial charge in [-0.25, -0.2) is 12.9 Å². The van der Waals surface area contributed by atoms with Crippen molar-refractivity contribution in [1.29, 1.82) is 0 Å². The van der Waals surface area contributed by atoms with Crippen LogP contribution in [0.3, 0.4) is 0 Å². The minimum atomic E-state index is -4.00. The molecule has 0 spiro atoms. The first kappa shape index (κ1) is 35.1. The zero-order valence-corrected chi connectivity index (χ0v) is 29.4. The number of H-pyrrole nitrogens is 1. The lowest BCUT2D eigenvalue weighted by molar-refractivity contribution is 0.281. The van der Waals surface area contributed by atoms with E-state index in [9.17, 15) is 8.42 Å². The number of rotatable bonds is 15. The molecule has 2 N–H and O–H groups in total. The van der Waals surface area contributed by atoms with Crippen LogP contribution in [-0.2, 0) is 20.9 Å². The molecule has 0 amide bonds. The second kappa shape index (κ2) is 13.7. The molecule has 8 nitrogen and oxygen atoms in total. The number of nitrogens with one attached hydrogen (secondary N) is 2. The topological polar surface area (TPSA) is 101 Å². The van der Waals surface area contributed by atoms with Gasteiger partial charge in [-0.05, 0) is 47.3 Å². The third-order valence-corrected chi connectivity index (χ3v) is 9.46. The summed E-state index contributed by atoms with van der Waals surface area (Å²) in [5.41, 5.74) is 2.37. The fourth-order valence-electron chi connectivity index (χ4n) is 5.85. The summed E-state index contributed by atoms with van der Waals surface area (Å²) in [7, 11) is -4.00. The average Bonchev–Trinajstić information content (AvgIpc) is 3.47. The quantitative estimate of drug-likeness (QED) is 0.167. The Kier molecular flexibility index (Phi) is 11.2. The standard InChI is InChI=1S/C34H57N5O3S/c1-12-13-14-15-16-17-20-42-26-19-18-25(34(10,11)23-32(4,5)6)21-27(26)43(40,41)38-30(24(2)3)31-36-35-29-22-28(33(7,8)9)37-39(29)31/h18-19,21-22,24,30,37-38H,12-17,20,23H2,1-11H3. The minimum Gasteiger partial charge on any atom is -0.492 e. The van der Waals surface area contributed by atoms with E-state index >= 15 is 0 Å². The number of benzene rings is 1. The van der Waals surface area contributed by atoms with Crippen molar-refractivity contribution in [1.82, 2.24) is 24.5 Å². The van der Waals surface area contributed by atoms with Gasteiger partial charge in [0.15, 0.2) is 11.5 Å². The third-order valence-electron chi connectivity index (χ3n) is 8.00. The number of unbranched alkanes of at least 4 members (excludes halogenated alkanes) is 5. The van der Waals surface area contributed by atoms with Gasteiger partial charge in [-0.2, -0.15) is 4.72 Å². The predicted octanol–water partition coefficient (Wildman–Crippen LogP) is 8.48. The second-order valence-electron chi connectivity index (χ2n) is 15.4. The van der Waals surface area contributed by atoms with Crippen molar-refractivity contribution in [2.24, 2.45) is 11.3 Å². The van der Waals surface area contributed by atoms with Crippen LogP contribution in [0.2, 0.25) is 0 Å². The van der Waals surface area contributed by atoms with Crippen molar-refractivity contribution >= 4 is 15.7 Å². The molecule has 0 aliphatic rings. The summed E-state index contributed by atoms with van der Waals surface area (Å²) in [4.78, 5) is 0.172. The largest absolute Gasteiger partial charge is 0.492 e. The number of fused-ring (bicyclic) bond motifs is 1. The van der Waals surface area contributed by atoms with Crippen LogP contribution in [0.5, 0.6) is 5.75 Å². The molecule has 2 aromatic heterocycles. The lowest BCUT2D eigenvalue weighted by Crippen LogP contribution is -2.34. The second-order valence-corrected chi connectivity index (χ2v) is 17.1. The molecule has 2 heterocycles. The predicted molar refractivity (Wildman–Crippen MR) is 176 cm³/mol. The molecular weight excluding hydrogens is 558 g/mol. The van der Waals surface area contributed by atoms with Gasteiger partial charge >= 0.3 is 0 Å². The summed E-state index contributed by atoms with van der Waals surface area (Å²) in [5.74, 6) is 0.833. The molecule has 1 atom stereocenters. The van der Waals surface area contributed by atoms with Gasteiger partial charge < -0.3 is 4.74 Å². The maximum Gasteiger partial charge on any atom is 0.244 e. The summed E-state index contributed by atoms with van der Waals surface area (Å²) in [5, 5.41) is 12.2. The van der Waals surface area contributed by atoms with E-state index in [2.05, 4.69) is 82.3 Å². The molecule has 0 bridgehead atoms. The Morgan fingerprint density at radius 2 is 1.58 bits per heavy atom. The van der Waals surface area contributed by atoms with Crippen molar-refractivity contribution in [2.45, 2.75) is 143 Å². The molecule has 0 saturated heterocycles. The first-order valence-corrected chi connectivity index (χ1v) is 17.6. The monoisotopic (exact) mass is 615 g/mol. The maximum atomic E-state index is 14.3. The molecule has 9 heteroatoms. The zero-order chi connectivity index (χ0) is 32.2. The Labute approximate surface area is 260 Å². The van der Waals surface area contributed by atoms with E-state index in [0.29, 0.717) is 23.8 Å². The van der Waals surface area contributed by atoms with Gasteiger partial charge in [0.2, 0.25) is 10.0 Å². The number of ether oxygens (including phenoxy) is 1. The summed E-state index contributed by atoms with van der Waals surface area (Å²) in [6, 6.07) is 7.04. The highest BCUT2D eigenvalue weighted by molar-refractivity contribution is 7.89. The Morgan fingerprint density at radius 3 is 2.19 bits per heavy atom. The molecule has 242 valence electrons. The van der Waals surface area contributed by atoms with E-state index in [1.807, 2.05) is 38.1 Å². The Balaban J connectivity index is 1.98. The number of hydrogen-bond acceptors (Lipinski definition) is 5. The zero-order valence-electron chi connectivity index (χ0n) is 28.6. The highest BCUT2D eigenvalue weighted by atomic mass is 32.2. The van der Waals surface area contributed by atoms with Crippen molar-refractivity contribution in [3.63, 3.8) is 0 Å². The molecule has 3 aromatic rings. The Morgan fingerprint density at radius 1 is 0.930 bits per heavy atom. The van der Waals surface area contributed by atoms with E-state index < -0.39 is 16.1 Å². The van der Waals surface area contributed by atoms with Crippen LogP contribution in [0.4, 0.5) is 0 Å². The van der Waals surface area contributed by atoms with Gasteiger partial charge in [0, 0.05) is 17.2 Å². The summed E-state index contributed by atoms with van der Waals surface area (Å²) in [6.07, 6.45) is 7.72. The van der Waals surface area contributed by atoms with E-state index in [1.165, 1.54) is 25.7 Å². The first-order valence-electron chi connectivity index (χ1n) is 16.1. The number of sulfonamides is 1. The van der Waals surface area contributed by atoms with Gasteiger partial charge in [0.1, 0.15) is 10.6 Å². The van der Waals surface area contributed by atoms with Crippen LogP contribution in [0.1, 0.15) is 144 Å². The number of nitrogens with zero attached hydrogens (tertiary/aromatic N) is 3. The van der Waals surface area contributed by atoms with Gasteiger partial charge in [-0.1, -0.05) is 114 Å². The molecule has 0 aliphatic carbocycles. The van der Waals surface area contributed by atoms with Crippen molar-refractivity contribution < 1.29 is 13.2 Å². The molecule has 43 heavy (non-hydrogen) atoms. The van der Waals surface area contributed by atoms with Gasteiger partial charge in [-0.3, -0.25) is 5.10 Å². The van der Waals surface area contributed by atoms with Crippen LogP contribution in [0, 0.1) is 11.3 Å². The van der Waals surface area contributed by atoms with E-state index in [4.69, 9.17) is 4.74 Å². The summed E-state index contributed by atoms with van der Waals surface area (Å²) in [6.45, 7) is 24.0. The Bertz CT molecular complexity index is 1440. The fourth-order valence-corrected chi connectivity index (χ4v) is 7.37. The van der Waals surface area contributed by atoms with Gasteiger partial charge in [0.25, 0.3) is 0 Å². The molecule has 0 saturated carbocycles. The number of hydrogen-bond donors (Lipinski definition) is 2. The molecule has 0 fully saturated rings. The minimum absolute atomic E-state index is 0.0808. The van der Waals surface area contributed by atoms with Crippen LogP contribution >= 0.6 is 0 Å². The molecular formula is C34H57N5O3S. The molecule has 0 aliphatic heterocycles. The van der Waals surface area contributed by atoms with E-state index in [-0.39, 0.29) is 27.1 Å². The SMILES string of the molecule is CCCCCCCCOc1ccc(C(C)(C)CC(C)(C)C)cc1S(=O)(=O)NC(c1nnc2cc(C(C)(C)C)[nH]n12)C(C)C. The third kappa shape index (κ3) is 9.30. The van der Waals surface area contributed by atoms with Crippen molar-refractivity contribution in [3.8, 4) is 5.75 Å². The van der Waals surface area contributed by atoms with Gasteiger partial charge in [-0.15, -0.1) is 10.2 Å². The average molecular weight is 616 g/mol. The van der Waals surface area contributed by atoms with E-state index in [1.54, 1.807) is 4.52 Å². The van der Waals surface area contributed by atoms with Gasteiger partial charge in [0.05, 0.1) is 12.6 Å². The first-order chi connectivity index (χ1) is 19.9. The van der Waals surface area contributed by atoms with E-state index in [0.717, 1.165) is 30.5 Å². The summed E-state index contributed by atoms with van der Waals surface area (Å²) < 4.78 is 39.5. The van der Waals surface area contributed by atoms with Crippen molar-refractivity contribution in [3.05, 3.63) is 41.3 Å². The smallest absolute Gasteiger partial charge is 0.244 e. The van der Waals surface area contributed by atoms with Crippen molar-refractivity contribution in [2.75, 3.05) is 6.61 Å². The van der Waals surface area contributed by atoms with Crippen LogP contribution in [-0.4, -0.2) is 34.8 Å². The number of aromatic nitrogens is 4. The van der Waals surface area contributed by atoms with Crippen LogP contribution in [0.25, 0.3) is 5.65 Å². The van der Waals surface area contributed by atoms with Crippen LogP contribution < -0.4 is 9.46 Å². The lowest BCUT2D eigenvalue weighted by Gasteiger charge is -2.33. The number of aromatic amines is 1. The fraction of sp³-hybridized carbons (Fsp3) is 0.706. The molecule has 0 radical (unpaired) electrons. The molecule has 1 unspecified atom stereocenters. The molecule has 3 rings (SSSR count). The maximum absolute atomic E-state index is 14.3. The Hall–Kier alpha value is -2.39. The lowest BCUT2D eigenvalue weighted by atomic mass is 9.72.